The van der Waals surface area contributed by atoms with E-state index in [9.17, 15) is 35.9 Å². The number of alkyl halides is 3. The second-order valence-corrected chi connectivity index (χ2v) is 9.23. The Bertz CT molecular complexity index is 1150. The Labute approximate surface area is 203 Å². The summed E-state index contributed by atoms with van der Waals surface area (Å²) in [4.78, 5) is 26.7. The Morgan fingerprint density at radius 2 is 1.72 bits per heavy atom. The van der Waals surface area contributed by atoms with E-state index < -0.39 is 46.5 Å². The number of carbonyl (C=O) groups is 2. The molecule has 2 atom stereocenters. The lowest BCUT2D eigenvalue weighted by Gasteiger charge is -2.50. The van der Waals surface area contributed by atoms with Crippen molar-refractivity contribution >= 4 is 11.8 Å². The van der Waals surface area contributed by atoms with Crippen LogP contribution in [0.15, 0.2) is 42.5 Å². The highest BCUT2D eigenvalue weighted by Gasteiger charge is 2.64. The number of hydrogen-bond acceptors (Lipinski definition) is 3. The average Bonchev–Trinajstić information content (AvgIpc) is 2.83. The van der Waals surface area contributed by atoms with Crippen molar-refractivity contribution in [2.24, 2.45) is 5.41 Å². The number of nitrogens with one attached hydrogen (secondary N) is 1. The van der Waals surface area contributed by atoms with Gasteiger partial charge in [0.15, 0.2) is 11.6 Å². The van der Waals surface area contributed by atoms with Crippen LogP contribution in [0.25, 0.3) is 0 Å². The van der Waals surface area contributed by atoms with Crippen LogP contribution in [0.5, 0.6) is 0 Å². The maximum atomic E-state index is 14.7. The summed E-state index contributed by atoms with van der Waals surface area (Å²) in [6.07, 6.45) is -5.14. The number of likely N-dealkylation sites (tertiary alicyclic amines) is 1. The Morgan fingerprint density at radius 3 is 2.31 bits per heavy atom. The Kier molecular flexibility index (Phi) is 6.80. The zero-order chi connectivity index (χ0) is 26.3. The van der Waals surface area contributed by atoms with Crippen molar-refractivity contribution in [2.45, 2.75) is 37.0 Å². The predicted octanol–water partition coefficient (Wildman–Crippen LogP) is 4.42. The zero-order valence-electron chi connectivity index (χ0n) is 19.3. The molecule has 2 aliphatic heterocycles. The van der Waals surface area contributed by atoms with E-state index in [-0.39, 0.29) is 55.9 Å². The Balaban J connectivity index is 1.66. The van der Waals surface area contributed by atoms with Gasteiger partial charge in [-0.25, -0.2) is 13.2 Å². The fraction of sp³-hybridized carbons (Fsp3) is 0.440. The third-order valence-electron chi connectivity index (χ3n) is 7.39. The van der Waals surface area contributed by atoms with Gasteiger partial charge in [0.1, 0.15) is 5.82 Å². The van der Waals surface area contributed by atoms with Gasteiger partial charge in [-0.2, -0.15) is 13.2 Å². The van der Waals surface area contributed by atoms with Crippen LogP contribution in [-0.2, 0) is 19.9 Å². The van der Waals surface area contributed by atoms with Crippen LogP contribution < -0.4 is 5.32 Å². The zero-order valence-corrected chi connectivity index (χ0v) is 19.3. The van der Waals surface area contributed by atoms with Gasteiger partial charge in [-0.05, 0) is 29.9 Å². The van der Waals surface area contributed by atoms with E-state index >= 15 is 0 Å². The molecule has 0 saturated carbocycles. The van der Waals surface area contributed by atoms with Crippen molar-refractivity contribution in [1.82, 2.24) is 10.2 Å². The number of ether oxygens (including phenoxy) is 1. The maximum absolute atomic E-state index is 14.7. The summed E-state index contributed by atoms with van der Waals surface area (Å²) in [6, 6.07) is 7.84. The first-order valence-corrected chi connectivity index (χ1v) is 11.3. The van der Waals surface area contributed by atoms with Crippen LogP contribution in [0.1, 0.15) is 36.3 Å². The van der Waals surface area contributed by atoms with Gasteiger partial charge >= 0.3 is 6.18 Å². The molecule has 1 spiro atoms. The van der Waals surface area contributed by atoms with Crippen molar-refractivity contribution in [3.63, 3.8) is 0 Å². The highest BCUT2D eigenvalue weighted by molar-refractivity contribution is 5.88. The summed E-state index contributed by atoms with van der Waals surface area (Å²) < 4.78 is 90.4. The number of piperidine rings is 2. The van der Waals surface area contributed by atoms with Crippen LogP contribution in [0, 0.1) is 22.9 Å². The molecule has 194 valence electrons. The number of hydrogen-bond donors (Lipinski definition) is 1. The summed E-state index contributed by atoms with van der Waals surface area (Å²) in [6.45, 7) is -0.465. The predicted molar refractivity (Wildman–Crippen MR) is 116 cm³/mol. The van der Waals surface area contributed by atoms with E-state index in [0.29, 0.717) is 6.07 Å². The molecule has 2 saturated heterocycles. The molecule has 0 unspecified atom stereocenters. The van der Waals surface area contributed by atoms with Gasteiger partial charge in [-0.3, -0.25) is 9.59 Å². The standard InChI is InChI=1S/C25H24F6N2O3/c1-36-24(25(29,30)31,15-5-3-2-4-6-15)22(35)33-9-7-23(8-10-33)13-20(34)32-14-18(23)17-11-16(26)12-19(27)21(17)28/h2-6,11-12,18H,7-10,13-14H2,1H3,(H,32,34)/t18-,24+/m0/s1. The van der Waals surface area contributed by atoms with Gasteiger partial charge in [-0.1, -0.05) is 30.3 Å². The molecular formula is C25H24F6N2O3. The summed E-state index contributed by atoms with van der Waals surface area (Å²) >= 11 is 0. The number of nitrogens with zero attached hydrogens (tertiary/aromatic N) is 1. The summed E-state index contributed by atoms with van der Waals surface area (Å²) in [7, 11) is 0.812. The lowest BCUT2D eigenvalue weighted by molar-refractivity contribution is -0.271. The number of methoxy groups -OCH3 is 1. The minimum Gasteiger partial charge on any atom is -0.356 e. The van der Waals surface area contributed by atoms with Crippen molar-refractivity contribution in [3.8, 4) is 0 Å². The van der Waals surface area contributed by atoms with Crippen molar-refractivity contribution in [1.29, 1.82) is 0 Å². The molecular weight excluding hydrogens is 490 g/mol. The fourth-order valence-corrected chi connectivity index (χ4v) is 5.51. The lowest BCUT2D eigenvalue weighted by Crippen LogP contribution is -2.60. The molecule has 36 heavy (non-hydrogen) atoms. The Morgan fingerprint density at radius 1 is 1.08 bits per heavy atom. The monoisotopic (exact) mass is 514 g/mol. The van der Waals surface area contributed by atoms with Gasteiger partial charge in [-0.15, -0.1) is 0 Å². The van der Waals surface area contributed by atoms with Crippen LogP contribution in [0.4, 0.5) is 26.3 Å². The van der Waals surface area contributed by atoms with E-state index in [0.717, 1.165) is 30.2 Å². The first-order valence-electron chi connectivity index (χ1n) is 11.3. The molecule has 4 rings (SSSR count). The first-order chi connectivity index (χ1) is 16.9. The SMILES string of the molecule is CO[C@@](C(=O)N1CCC2(CC1)CC(=O)NC[C@H]2c1cc(F)cc(F)c1F)(c1ccccc1)C(F)(F)F. The molecule has 2 aromatic carbocycles. The van der Waals surface area contributed by atoms with Crippen LogP contribution in [-0.4, -0.2) is 49.6 Å². The van der Waals surface area contributed by atoms with Crippen molar-refractivity contribution in [2.75, 3.05) is 26.7 Å². The number of halogens is 6. The number of carbonyl (C=O) groups excluding carboxylic acids is 2. The molecule has 5 nitrogen and oxygen atoms in total. The molecule has 2 fully saturated rings. The second-order valence-electron chi connectivity index (χ2n) is 9.23. The summed E-state index contributed by atoms with van der Waals surface area (Å²) in [5.41, 5.74) is -4.86. The smallest absolute Gasteiger partial charge is 0.356 e. The topological polar surface area (TPSA) is 58.6 Å². The highest BCUT2D eigenvalue weighted by Crippen LogP contribution is 2.51. The number of benzene rings is 2. The molecule has 2 heterocycles. The van der Waals surface area contributed by atoms with E-state index in [1.54, 1.807) is 0 Å². The third-order valence-corrected chi connectivity index (χ3v) is 7.39. The van der Waals surface area contributed by atoms with E-state index in [1.807, 2.05) is 0 Å². The summed E-state index contributed by atoms with van der Waals surface area (Å²) in [5, 5.41) is 2.58. The van der Waals surface area contributed by atoms with E-state index in [4.69, 9.17) is 4.74 Å². The van der Waals surface area contributed by atoms with Crippen LogP contribution in [0.2, 0.25) is 0 Å². The fourth-order valence-electron chi connectivity index (χ4n) is 5.51. The van der Waals surface area contributed by atoms with E-state index in [2.05, 4.69) is 5.32 Å². The largest absolute Gasteiger partial charge is 0.430 e. The third kappa shape index (κ3) is 4.23. The second kappa shape index (κ2) is 9.42. The quantitative estimate of drug-likeness (QED) is 0.486. The normalized spacial score (nSPS) is 21.7. The van der Waals surface area contributed by atoms with Gasteiger partial charge in [0.05, 0.1) is 0 Å². The van der Waals surface area contributed by atoms with Gasteiger partial charge < -0.3 is 15.0 Å². The van der Waals surface area contributed by atoms with Gasteiger partial charge in [0.25, 0.3) is 11.5 Å². The molecule has 0 aliphatic carbocycles. The van der Waals surface area contributed by atoms with Gasteiger partial charge in [0.2, 0.25) is 5.91 Å². The molecule has 2 aliphatic rings. The number of amides is 2. The Hall–Kier alpha value is -3.08. The minimum atomic E-state index is -5.08. The average molecular weight is 514 g/mol. The summed E-state index contributed by atoms with van der Waals surface area (Å²) in [5.74, 6) is -6.10. The maximum Gasteiger partial charge on any atom is 0.430 e. The van der Waals surface area contributed by atoms with Crippen LogP contribution >= 0.6 is 0 Å². The molecule has 11 heteroatoms. The molecule has 2 aromatic rings. The molecule has 0 radical (unpaired) electrons. The molecule has 2 amide bonds. The number of rotatable bonds is 4. The minimum absolute atomic E-state index is 0.0286. The van der Waals surface area contributed by atoms with Crippen molar-refractivity contribution < 1.29 is 40.7 Å². The van der Waals surface area contributed by atoms with Crippen LogP contribution in [0.3, 0.4) is 0 Å². The highest BCUT2D eigenvalue weighted by atomic mass is 19.4. The molecule has 0 aromatic heterocycles. The van der Waals surface area contributed by atoms with Crippen molar-refractivity contribution in [3.05, 3.63) is 71.0 Å². The van der Waals surface area contributed by atoms with Gasteiger partial charge in [0, 0.05) is 50.7 Å². The molecule has 1 N–H and O–H groups in total. The first kappa shape index (κ1) is 26.0. The lowest BCUT2D eigenvalue weighted by atomic mass is 9.62. The molecule has 0 bridgehead atoms. The van der Waals surface area contributed by atoms with E-state index in [1.165, 1.54) is 18.2 Å².